The quantitative estimate of drug-likeness (QED) is 0.398. The highest BCUT2D eigenvalue weighted by atomic mass is 32.2. The van der Waals surface area contributed by atoms with Crippen LogP contribution in [0.4, 0.5) is 5.69 Å². The minimum atomic E-state index is -3.83. The number of hydrogen-bond acceptors (Lipinski definition) is 4. The fourth-order valence-corrected chi connectivity index (χ4v) is 6.51. The fraction of sp³-hybridized carbons (Fsp3) is 0.290. The van der Waals surface area contributed by atoms with E-state index in [0.29, 0.717) is 34.9 Å². The maximum Gasteiger partial charge on any atom is 0.264 e. The lowest BCUT2D eigenvalue weighted by Crippen LogP contribution is -2.38. The number of methoxy groups -OCH3 is 1. The molecule has 0 saturated heterocycles. The van der Waals surface area contributed by atoms with Crippen molar-refractivity contribution in [1.82, 2.24) is 0 Å². The highest BCUT2D eigenvalue weighted by Crippen LogP contribution is 2.39. The monoisotopic (exact) mass is 517 g/mol. The maximum absolute atomic E-state index is 14.1. The van der Waals surface area contributed by atoms with Crippen molar-refractivity contribution in [2.75, 3.05) is 24.6 Å². The molecule has 2 aliphatic rings. The minimum Gasteiger partial charge on any atom is -0.489 e. The van der Waals surface area contributed by atoms with Crippen LogP contribution in [-0.4, -0.2) is 34.8 Å². The summed E-state index contributed by atoms with van der Waals surface area (Å²) in [7, 11) is -2.13. The average molecular weight is 518 g/mol. The Labute approximate surface area is 221 Å². The normalized spacial score (nSPS) is 21.6. The van der Waals surface area contributed by atoms with Crippen LogP contribution in [0, 0.1) is 13.8 Å². The summed E-state index contributed by atoms with van der Waals surface area (Å²) in [6.07, 6.45) is 14.6. The van der Waals surface area contributed by atoms with Crippen molar-refractivity contribution in [3.05, 3.63) is 113 Å². The van der Waals surface area contributed by atoms with Crippen LogP contribution < -0.4 is 9.04 Å². The molecule has 2 aromatic rings. The van der Waals surface area contributed by atoms with Gasteiger partial charge in [0.25, 0.3) is 10.0 Å². The molecule has 0 radical (unpaired) electrons. The zero-order chi connectivity index (χ0) is 26.6. The number of allylic oxidation sites excluding steroid dienone is 9. The van der Waals surface area contributed by atoms with Gasteiger partial charge in [-0.2, -0.15) is 0 Å². The number of ether oxygens (including phenoxy) is 2. The van der Waals surface area contributed by atoms with E-state index in [0.717, 1.165) is 22.3 Å². The van der Waals surface area contributed by atoms with Gasteiger partial charge < -0.3 is 9.47 Å². The van der Waals surface area contributed by atoms with Gasteiger partial charge in [0, 0.05) is 13.0 Å². The standard InChI is InChI=1S/C31H35NO4S/c1-6-25-11-9-7-8-10-12-27(25)28(20-24(4)35-5)26-15-14-23(3)31(21-26)37(33,34)32-17-18-36-30-16-13-22(2)19-29(30)32/h6-16,19,21,24,28H,1,17-18,20H2,2-5H3/b8-7-,9-7?,10-8?,11-9-,12-10-,25-11?,27-12?,27-25+. The lowest BCUT2D eigenvalue weighted by molar-refractivity contribution is 0.107. The van der Waals surface area contributed by atoms with Gasteiger partial charge in [-0.05, 0) is 73.2 Å². The summed E-state index contributed by atoms with van der Waals surface area (Å²) < 4.78 is 41.1. The first-order valence-electron chi connectivity index (χ1n) is 12.5. The van der Waals surface area contributed by atoms with Crippen LogP contribution in [0.25, 0.3) is 0 Å². The number of nitrogens with zero attached hydrogens (tertiary/aromatic N) is 1. The Morgan fingerprint density at radius 3 is 2.57 bits per heavy atom. The van der Waals surface area contributed by atoms with Crippen LogP contribution in [-0.2, 0) is 14.8 Å². The minimum absolute atomic E-state index is 0.0302. The number of fused-ring (bicyclic) bond motifs is 1. The van der Waals surface area contributed by atoms with Crippen LogP contribution in [0.5, 0.6) is 5.75 Å². The third kappa shape index (κ3) is 5.65. The van der Waals surface area contributed by atoms with Crippen molar-refractivity contribution in [2.24, 2.45) is 0 Å². The summed E-state index contributed by atoms with van der Waals surface area (Å²) in [4.78, 5) is 0.306. The smallest absolute Gasteiger partial charge is 0.264 e. The summed E-state index contributed by atoms with van der Waals surface area (Å²) in [5.74, 6) is 0.491. The molecule has 0 amide bonds. The highest BCUT2D eigenvalue weighted by molar-refractivity contribution is 7.92. The largest absolute Gasteiger partial charge is 0.489 e. The second-order valence-corrected chi connectivity index (χ2v) is 11.3. The zero-order valence-electron chi connectivity index (χ0n) is 22.0. The van der Waals surface area contributed by atoms with Crippen LogP contribution in [0.2, 0.25) is 0 Å². The molecule has 1 aliphatic carbocycles. The Kier molecular flexibility index (Phi) is 8.20. The van der Waals surface area contributed by atoms with Gasteiger partial charge in [0.15, 0.2) is 0 Å². The van der Waals surface area contributed by atoms with Crippen molar-refractivity contribution < 1.29 is 17.9 Å². The molecule has 0 aromatic heterocycles. The number of benzene rings is 2. The van der Waals surface area contributed by atoms with E-state index in [1.165, 1.54) is 4.31 Å². The summed E-state index contributed by atoms with van der Waals surface area (Å²) in [6, 6.07) is 11.4. The number of sulfonamides is 1. The van der Waals surface area contributed by atoms with E-state index in [4.69, 9.17) is 9.47 Å². The van der Waals surface area contributed by atoms with E-state index in [9.17, 15) is 8.42 Å². The van der Waals surface area contributed by atoms with E-state index in [1.807, 2.05) is 93.6 Å². The molecule has 5 nitrogen and oxygen atoms in total. The second-order valence-electron chi connectivity index (χ2n) is 9.47. The molecule has 2 aromatic carbocycles. The molecular weight excluding hydrogens is 482 g/mol. The Balaban J connectivity index is 1.85. The zero-order valence-corrected chi connectivity index (χ0v) is 22.8. The summed E-state index contributed by atoms with van der Waals surface area (Å²) in [5.41, 5.74) is 5.25. The van der Waals surface area contributed by atoms with Crippen molar-refractivity contribution in [2.45, 2.75) is 44.1 Å². The summed E-state index contributed by atoms with van der Waals surface area (Å²) in [6.45, 7) is 10.4. The predicted molar refractivity (Wildman–Crippen MR) is 151 cm³/mol. The highest BCUT2D eigenvalue weighted by Gasteiger charge is 2.32. The molecule has 4 rings (SSSR count). The van der Waals surface area contributed by atoms with Crippen LogP contribution in [0.1, 0.15) is 36.0 Å². The first-order valence-corrected chi connectivity index (χ1v) is 14.0. The van der Waals surface area contributed by atoms with E-state index in [2.05, 4.69) is 12.7 Å². The lowest BCUT2D eigenvalue weighted by atomic mass is 9.83. The molecule has 0 fully saturated rings. The van der Waals surface area contributed by atoms with E-state index in [-0.39, 0.29) is 18.6 Å². The number of aryl methyl sites for hydroxylation is 2. The molecule has 0 spiro atoms. The van der Waals surface area contributed by atoms with Gasteiger partial charge in [-0.1, -0.05) is 67.3 Å². The molecule has 2 unspecified atom stereocenters. The lowest BCUT2D eigenvalue weighted by Gasteiger charge is -2.31. The Morgan fingerprint density at radius 2 is 1.84 bits per heavy atom. The van der Waals surface area contributed by atoms with Crippen molar-refractivity contribution in [3.63, 3.8) is 0 Å². The van der Waals surface area contributed by atoms with Gasteiger partial charge in [0.2, 0.25) is 0 Å². The van der Waals surface area contributed by atoms with Gasteiger partial charge in [-0.25, -0.2) is 8.42 Å². The molecule has 0 saturated carbocycles. The van der Waals surface area contributed by atoms with Gasteiger partial charge in [0.1, 0.15) is 12.4 Å². The number of anilines is 1. The molecule has 194 valence electrons. The van der Waals surface area contributed by atoms with E-state index in [1.54, 1.807) is 7.11 Å². The molecule has 0 bridgehead atoms. The fourth-order valence-electron chi connectivity index (χ4n) is 4.80. The predicted octanol–water partition coefficient (Wildman–Crippen LogP) is 6.56. The van der Waals surface area contributed by atoms with Gasteiger partial charge >= 0.3 is 0 Å². The number of rotatable bonds is 8. The number of hydrogen-bond donors (Lipinski definition) is 0. The van der Waals surface area contributed by atoms with Gasteiger partial charge in [0.05, 0.1) is 23.2 Å². The second kappa shape index (κ2) is 11.4. The summed E-state index contributed by atoms with van der Waals surface area (Å²) >= 11 is 0. The molecule has 2 atom stereocenters. The first-order chi connectivity index (χ1) is 17.8. The van der Waals surface area contributed by atoms with Crippen molar-refractivity contribution >= 4 is 15.7 Å². The molecule has 1 aliphatic heterocycles. The van der Waals surface area contributed by atoms with E-state index >= 15 is 0 Å². The summed E-state index contributed by atoms with van der Waals surface area (Å²) in [5, 5.41) is 0. The van der Waals surface area contributed by atoms with Gasteiger partial charge in [-0.3, -0.25) is 4.31 Å². The molecule has 6 heteroatoms. The van der Waals surface area contributed by atoms with Crippen LogP contribution in [0.3, 0.4) is 0 Å². The SMILES string of the molecule is C=CC1=C(C(CC(C)OC)c2ccc(C)c(S(=O)(=O)N3CCOc4ccc(C)cc43)c2)/C=C\C=C/C=C\1. The molecular formula is C31H35NO4S. The van der Waals surface area contributed by atoms with Crippen LogP contribution >= 0.6 is 0 Å². The van der Waals surface area contributed by atoms with Crippen molar-refractivity contribution in [1.29, 1.82) is 0 Å². The first kappa shape index (κ1) is 26.7. The molecule has 0 N–H and O–H groups in total. The van der Waals surface area contributed by atoms with Crippen molar-refractivity contribution in [3.8, 4) is 5.75 Å². The maximum atomic E-state index is 14.1. The Bertz CT molecular complexity index is 1400. The third-order valence-corrected chi connectivity index (χ3v) is 8.86. The van der Waals surface area contributed by atoms with Crippen LogP contribution in [0.15, 0.2) is 102 Å². The Morgan fingerprint density at radius 1 is 1.08 bits per heavy atom. The van der Waals surface area contributed by atoms with Gasteiger partial charge in [-0.15, -0.1) is 0 Å². The third-order valence-electron chi connectivity index (χ3n) is 6.90. The topological polar surface area (TPSA) is 55.8 Å². The average Bonchev–Trinajstić information content (AvgIpc) is 2.87. The molecule has 37 heavy (non-hydrogen) atoms. The Hall–Kier alpha value is -3.35. The van der Waals surface area contributed by atoms with E-state index < -0.39 is 10.0 Å². The molecule has 1 heterocycles.